The number of imidazole rings is 1. The normalized spacial score (nSPS) is 10.5. The van der Waals surface area contributed by atoms with E-state index in [1.807, 2.05) is 43.3 Å². The van der Waals surface area contributed by atoms with Gasteiger partial charge in [-0.15, -0.1) is 0 Å². The number of nitrogens with one attached hydrogen (secondary N) is 3. The molecule has 0 unspecified atom stereocenters. The van der Waals surface area contributed by atoms with E-state index < -0.39 is 0 Å². The summed E-state index contributed by atoms with van der Waals surface area (Å²) in [5.41, 5.74) is 4.41. The third-order valence-corrected chi connectivity index (χ3v) is 3.58. The van der Waals surface area contributed by atoms with Crippen molar-refractivity contribution in [3.8, 4) is 5.75 Å². The number of methoxy groups -OCH3 is 1. The van der Waals surface area contributed by atoms with Crippen LogP contribution in [0.25, 0.3) is 11.0 Å². The molecule has 3 N–H and O–H groups in total. The van der Waals surface area contributed by atoms with Gasteiger partial charge in [0.25, 0.3) is 0 Å². The number of aromatic amines is 1. The Morgan fingerprint density at radius 1 is 1.30 bits per heavy atom. The molecule has 6 heteroatoms. The average Bonchev–Trinajstić information content (AvgIpc) is 3.01. The highest BCUT2D eigenvalue weighted by atomic mass is 16.5. The minimum absolute atomic E-state index is 0.269. The lowest BCUT2D eigenvalue weighted by Crippen LogP contribution is -2.28. The predicted octanol–water partition coefficient (Wildman–Crippen LogP) is 3.20. The molecule has 0 aliphatic heterocycles. The van der Waals surface area contributed by atoms with Gasteiger partial charge >= 0.3 is 6.03 Å². The molecule has 0 atom stereocenters. The Kier molecular flexibility index (Phi) is 4.14. The van der Waals surface area contributed by atoms with Gasteiger partial charge in [-0.2, -0.15) is 0 Å². The number of fused-ring (bicyclic) bond motifs is 1. The predicted molar refractivity (Wildman–Crippen MR) is 89.7 cm³/mol. The smallest absolute Gasteiger partial charge is 0.319 e. The highest BCUT2D eigenvalue weighted by Crippen LogP contribution is 2.25. The number of benzene rings is 2. The molecule has 3 rings (SSSR count). The Morgan fingerprint density at radius 2 is 2.17 bits per heavy atom. The number of anilines is 1. The van der Waals surface area contributed by atoms with E-state index in [2.05, 4.69) is 20.6 Å². The monoisotopic (exact) mass is 310 g/mol. The van der Waals surface area contributed by atoms with Crippen molar-refractivity contribution in [1.82, 2.24) is 15.3 Å². The third kappa shape index (κ3) is 3.26. The Morgan fingerprint density at radius 3 is 2.96 bits per heavy atom. The highest BCUT2D eigenvalue weighted by Gasteiger charge is 2.11. The molecule has 1 aromatic heterocycles. The van der Waals surface area contributed by atoms with Gasteiger partial charge in [-0.05, 0) is 36.8 Å². The van der Waals surface area contributed by atoms with Crippen molar-refractivity contribution in [2.75, 3.05) is 12.4 Å². The number of nitrogens with zero attached hydrogens (tertiary/aromatic N) is 1. The number of amides is 2. The summed E-state index contributed by atoms with van der Waals surface area (Å²) in [5, 5.41) is 5.66. The zero-order valence-electron chi connectivity index (χ0n) is 13.0. The van der Waals surface area contributed by atoms with Crippen LogP contribution in [0.15, 0.2) is 42.7 Å². The minimum Gasteiger partial charge on any atom is -0.496 e. The fraction of sp³-hybridized carbons (Fsp3) is 0.176. The van der Waals surface area contributed by atoms with Crippen LogP contribution in [0.1, 0.15) is 11.1 Å². The van der Waals surface area contributed by atoms with Gasteiger partial charge in [0.1, 0.15) is 5.75 Å². The zero-order chi connectivity index (χ0) is 16.2. The second-order valence-corrected chi connectivity index (χ2v) is 5.22. The fourth-order valence-electron chi connectivity index (χ4n) is 2.48. The molecule has 0 aliphatic rings. The zero-order valence-corrected chi connectivity index (χ0v) is 13.0. The van der Waals surface area contributed by atoms with E-state index in [4.69, 9.17) is 4.74 Å². The van der Waals surface area contributed by atoms with E-state index in [1.54, 1.807) is 13.4 Å². The van der Waals surface area contributed by atoms with E-state index in [0.29, 0.717) is 12.3 Å². The molecule has 0 aliphatic carbocycles. The first kappa shape index (κ1) is 14.9. The summed E-state index contributed by atoms with van der Waals surface area (Å²) in [6.07, 6.45) is 1.63. The summed E-state index contributed by atoms with van der Waals surface area (Å²) in [6.45, 7) is 2.31. The number of hydrogen-bond donors (Lipinski definition) is 3. The first-order valence-corrected chi connectivity index (χ1v) is 7.28. The SMILES string of the molecule is COc1ccc2nc[nH]c2c1CNC(=O)Nc1cccc(C)c1. The Labute approximate surface area is 133 Å². The molecule has 0 fully saturated rings. The van der Waals surface area contributed by atoms with Crippen molar-refractivity contribution < 1.29 is 9.53 Å². The molecule has 6 nitrogen and oxygen atoms in total. The van der Waals surface area contributed by atoms with Gasteiger partial charge in [-0.3, -0.25) is 0 Å². The van der Waals surface area contributed by atoms with Gasteiger partial charge < -0.3 is 20.4 Å². The van der Waals surface area contributed by atoms with E-state index in [-0.39, 0.29) is 6.03 Å². The first-order chi connectivity index (χ1) is 11.2. The summed E-state index contributed by atoms with van der Waals surface area (Å²) in [4.78, 5) is 19.4. The molecule has 0 bridgehead atoms. The van der Waals surface area contributed by atoms with Crippen LogP contribution in [-0.2, 0) is 6.54 Å². The number of aryl methyl sites for hydroxylation is 1. The molecule has 23 heavy (non-hydrogen) atoms. The summed E-state index contributed by atoms with van der Waals surface area (Å²) >= 11 is 0. The molecular formula is C17H18N4O2. The maximum Gasteiger partial charge on any atom is 0.319 e. The maximum absolute atomic E-state index is 12.1. The minimum atomic E-state index is -0.269. The van der Waals surface area contributed by atoms with Crippen LogP contribution in [0, 0.1) is 6.92 Å². The van der Waals surface area contributed by atoms with Crippen molar-refractivity contribution >= 4 is 22.8 Å². The molecule has 2 aromatic carbocycles. The Balaban J connectivity index is 1.73. The largest absolute Gasteiger partial charge is 0.496 e. The summed E-state index contributed by atoms with van der Waals surface area (Å²) in [7, 11) is 1.61. The fourth-order valence-corrected chi connectivity index (χ4v) is 2.48. The van der Waals surface area contributed by atoms with Gasteiger partial charge in [0.05, 0.1) is 31.0 Å². The molecule has 2 amide bonds. The van der Waals surface area contributed by atoms with Crippen LogP contribution < -0.4 is 15.4 Å². The lowest BCUT2D eigenvalue weighted by atomic mass is 10.1. The standard InChI is InChI=1S/C17H18N4O2/c1-11-4-3-5-12(8-11)21-17(22)18-9-13-15(23-2)7-6-14-16(13)20-10-19-14/h3-8,10H,9H2,1-2H3,(H,19,20)(H2,18,21,22). The number of rotatable bonds is 4. The summed E-state index contributed by atoms with van der Waals surface area (Å²) in [6, 6.07) is 11.1. The number of aromatic nitrogens is 2. The molecule has 0 radical (unpaired) electrons. The highest BCUT2D eigenvalue weighted by molar-refractivity contribution is 5.90. The van der Waals surface area contributed by atoms with Crippen LogP contribution in [-0.4, -0.2) is 23.1 Å². The topological polar surface area (TPSA) is 79.0 Å². The second kappa shape index (κ2) is 6.39. The molecule has 1 heterocycles. The van der Waals surface area contributed by atoms with Gasteiger partial charge in [-0.25, -0.2) is 9.78 Å². The Bertz CT molecular complexity index is 841. The van der Waals surface area contributed by atoms with Gasteiger partial charge in [0.15, 0.2) is 0 Å². The van der Waals surface area contributed by atoms with Gasteiger partial charge in [0.2, 0.25) is 0 Å². The second-order valence-electron chi connectivity index (χ2n) is 5.22. The van der Waals surface area contributed by atoms with Crippen LogP contribution in [0.3, 0.4) is 0 Å². The lowest BCUT2D eigenvalue weighted by molar-refractivity contribution is 0.251. The average molecular weight is 310 g/mol. The molecule has 3 aromatic rings. The summed E-state index contributed by atoms with van der Waals surface area (Å²) in [5.74, 6) is 0.706. The van der Waals surface area contributed by atoms with Crippen molar-refractivity contribution in [3.63, 3.8) is 0 Å². The van der Waals surface area contributed by atoms with Crippen molar-refractivity contribution in [2.24, 2.45) is 0 Å². The number of carbonyl (C=O) groups is 1. The molecule has 0 saturated carbocycles. The van der Waals surface area contributed by atoms with E-state index in [9.17, 15) is 4.79 Å². The van der Waals surface area contributed by atoms with Crippen molar-refractivity contribution in [1.29, 1.82) is 0 Å². The van der Waals surface area contributed by atoms with Crippen molar-refractivity contribution in [3.05, 3.63) is 53.9 Å². The molecule has 0 spiro atoms. The number of hydrogen-bond acceptors (Lipinski definition) is 3. The molecular weight excluding hydrogens is 292 g/mol. The van der Waals surface area contributed by atoms with Crippen LogP contribution in [0.4, 0.5) is 10.5 Å². The van der Waals surface area contributed by atoms with E-state index >= 15 is 0 Å². The number of urea groups is 1. The maximum atomic E-state index is 12.1. The number of H-pyrrole nitrogens is 1. The number of carbonyl (C=O) groups excluding carboxylic acids is 1. The first-order valence-electron chi connectivity index (χ1n) is 7.28. The lowest BCUT2D eigenvalue weighted by Gasteiger charge is -2.12. The van der Waals surface area contributed by atoms with Crippen LogP contribution in [0.2, 0.25) is 0 Å². The van der Waals surface area contributed by atoms with Crippen molar-refractivity contribution in [2.45, 2.75) is 13.5 Å². The van der Waals surface area contributed by atoms with Gasteiger partial charge in [0, 0.05) is 11.3 Å². The van der Waals surface area contributed by atoms with E-state index in [1.165, 1.54) is 0 Å². The molecule has 118 valence electrons. The van der Waals surface area contributed by atoms with Crippen LogP contribution >= 0.6 is 0 Å². The quantitative estimate of drug-likeness (QED) is 0.692. The van der Waals surface area contributed by atoms with Crippen LogP contribution in [0.5, 0.6) is 5.75 Å². The Hall–Kier alpha value is -3.02. The third-order valence-electron chi connectivity index (χ3n) is 3.58. The van der Waals surface area contributed by atoms with Gasteiger partial charge in [-0.1, -0.05) is 12.1 Å². The van der Waals surface area contributed by atoms with E-state index in [0.717, 1.165) is 27.8 Å². The molecule has 0 saturated heterocycles. The summed E-state index contributed by atoms with van der Waals surface area (Å²) < 4.78 is 5.37. The number of ether oxygens (including phenoxy) is 1.